The summed E-state index contributed by atoms with van der Waals surface area (Å²) in [6, 6.07) is 0. The molecule has 2 saturated carbocycles. The van der Waals surface area contributed by atoms with Crippen LogP contribution in [0.1, 0.15) is 64.2 Å². The van der Waals surface area contributed by atoms with Gasteiger partial charge in [0.15, 0.2) is 0 Å². The molecule has 0 aromatic heterocycles. The number of hydrogen-bond donors (Lipinski definition) is 3. The van der Waals surface area contributed by atoms with Crippen LogP contribution < -0.4 is 0 Å². The van der Waals surface area contributed by atoms with Gasteiger partial charge in [0, 0.05) is 7.11 Å². The minimum Gasteiger partial charge on any atom is -0.400 e. The monoisotopic (exact) mass is 496 g/mol. The molecule has 9 heteroatoms. The molecule has 0 heterocycles. The summed E-state index contributed by atoms with van der Waals surface area (Å²) in [5, 5.41) is 26.0. The fraction of sp³-hybridized carbons (Fsp3) is 0.680. The van der Waals surface area contributed by atoms with Crippen LogP contribution in [0.4, 0.5) is 26.3 Å². The Morgan fingerprint density at radius 1 is 0.941 bits per heavy atom. The molecule has 0 amide bonds. The molecular weight excluding hydrogens is 462 g/mol. The van der Waals surface area contributed by atoms with Crippen LogP contribution in [-0.4, -0.2) is 46.5 Å². The van der Waals surface area contributed by atoms with Crippen molar-refractivity contribution < 1.29 is 41.7 Å². The van der Waals surface area contributed by atoms with Gasteiger partial charge < -0.3 is 15.3 Å². The van der Waals surface area contributed by atoms with Gasteiger partial charge in [-0.25, -0.2) is 0 Å². The van der Waals surface area contributed by atoms with Crippen LogP contribution in [0.25, 0.3) is 0 Å². The highest BCUT2D eigenvalue weighted by atomic mass is 19.4. The van der Waals surface area contributed by atoms with E-state index < -0.39 is 18.0 Å². The Bertz CT molecular complexity index is 777. The molecule has 0 aromatic rings. The molecule has 3 N–H and O–H groups in total. The number of aliphatic hydroxyl groups is 3. The highest BCUT2D eigenvalue weighted by Gasteiger charge is 2.68. The average molecular weight is 497 g/mol. The van der Waals surface area contributed by atoms with Gasteiger partial charge in [-0.1, -0.05) is 41.0 Å². The molecule has 1 unspecified atom stereocenters. The van der Waals surface area contributed by atoms with Gasteiger partial charge in [0.2, 0.25) is 0 Å². The lowest BCUT2D eigenvalue weighted by atomic mass is 9.74. The summed E-state index contributed by atoms with van der Waals surface area (Å²) < 4.78 is 76.6. The SMILES string of the molecule is CO.O[C@H]1CCC/C(=C/C=C2\CCC[C@@H]3C(CC/C=C/C(O)(C(F)(F)F)C(F)(F)F)=CCC23)C1. The summed E-state index contributed by atoms with van der Waals surface area (Å²) in [4.78, 5) is 0. The van der Waals surface area contributed by atoms with Crippen LogP contribution in [0.3, 0.4) is 0 Å². The van der Waals surface area contributed by atoms with Gasteiger partial charge in [0.1, 0.15) is 0 Å². The van der Waals surface area contributed by atoms with Gasteiger partial charge in [-0.15, -0.1) is 0 Å². The molecular formula is C25H34F6O3. The fourth-order valence-electron chi connectivity index (χ4n) is 5.16. The smallest absolute Gasteiger partial charge is 0.400 e. The minimum atomic E-state index is -5.83. The Kier molecular flexibility index (Phi) is 10.0. The van der Waals surface area contributed by atoms with E-state index in [1.165, 1.54) is 11.1 Å². The van der Waals surface area contributed by atoms with E-state index in [0.717, 1.165) is 63.7 Å². The third-order valence-corrected chi connectivity index (χ3v) is 6.94. The molecule has 3 aliphatic carbocycles. The largest absolute Gasteiger partial charge is 0.429 e. The summed E-state index contributed by atoms with van der Waals surface area (Å²) in [6.45, 7) is 0. The molecule has 0 bridgehead atoms. The summed E-state index contributed by atoms with van der Waals surface area (Å²) in [7, 11) is 1.00. The Morgan fingerprint density at radius 2 is 1.59 bits per heavy atom. The lowest BCUT2D eigenvalue weighted by Gasteiger charge is -2.31. The summed E-state index contributed by atoms with van der Waals surface area (Å²) in [5.41, 5.74) is -1.17. The van der Waals surface area contributed by atoms with E-state index in [4.69, 9.17) is 5.11 Å². The van der Waals surface area contributed by atoms with Gasteiger partial charge in [-0.05, 0) is 82.1 Å². The molecule has 0 radical (unpaired) electrons. The molecule has 3 nitrogen and oxygen atoms in total. The quantitative estimate of drug-likeness (QED) is 0.308. The van der Waals surface area contributed by atoms with Gasteiger partial charge in [-0.2, -0.15) is 26.3 Å². The second kappa shape index (κ2) is 11.9. The molecule has 0 aliphatic heterocycles. The Morgan fingerprint density at radius 3 is 2.21 bits per heavy atom. The molecule has 0 saturated heterocycles. The third-order valence-electron chi connectivity index (χ3n) is 6.94. The van der Waals surface area contributed by atoms with E-state index in [2.05, 4.69) is 18.2 Å². The van der Waals surface area contributed by atoms with Crippen molar-refractivity contribution in [2.45, 2.75) is 88.3 Å². The number of alkyl halides is 6. The van der Waals surface area contributed by atoms with Crippen LogP contribution in [0.5, 0.6) is 0 Å². The number of rotatable bonds is 5. The summed E-state index contributed by atoms with van der Waals surface area (Å²) in [5.74, 6) is 0.596. The Hall–Kier alpha value is -1.58. The van der Waals surface area contributed by atoms with Crippen molar-refractivity contribution in [3.8, 4) is 0 Å². The predicted octanol–water partition coefficient (Wildman–Crippen LogP) is 6.32. The first-order valence-electron chi connectivity index (χ1n) is 11.7. The number of hydrogen-bond acceptors (Lipinski definition) is 3. The first-order valence-corrected chi connectivity index (χ1v) is 11.7. The highest BCUT2D eigenvalue weighted by Crippen LogP contribution is 2.47. The zero-order valence-corrected chi connectivity index (χ0v) is 19.3. The zero-order chi connectivity index (χ0) is 25.6. The van der Waals surface area contributed by atoms with Gasteiger partial charge in [-0.3, -0.25) is 0 Å². The molecule has 34 heavy (non-hydrogen) atoms. The maximum atomic E-state index is 12.8. The van der Waals surface area contributed by atoms with Gasteiger partial charge >= 0.3 is 12.4 Å². The molecule has 0 spiro atoms. The minimum absolute atomic E-state index is 0.00447. The average Bonchev–Trinajstić information content (AvgIpc) is 3.18. The first kappa shape index (κ1) is 28.7. The van der Waals surface area contributed by atoms with Crippen LogP contribution in [-0.2, 0) is 0 Å². The van der Waals surface area contributed by atoms with Crippen molar-refractivity contribution in [1.29, 1.82) is 0 Å². The number of fused-ring (bicyclic) bond motifs is 1. The molecule has 0 aromatic carbocycles. The van der Waals surface area contributed by atoms with Crippen molar-refractivity contribution in [1.82, 2.24) is 0 Å². The van der Waals surface area contributed by atoms with Crippen LogP contribution in [0.15, 0.2) is 47.1 Å². The lowest BCUT2D eigenvalue weighted by molar-refractivity contribution is -0.347. The normalized spacial score (nSPS) is 28.6. The lowest BCUT2D eigenvalue weighted by Crippen LogP contribution is -2.55. The third kappa shape index (κ3) is 6.76. The van der Waals surface area contributed by atoms with E-state index in [9.17, 15) is 36.6 Å². The Labute approximate surface area is 196 Å². The standard InChI is InChI=1S/C24H30F6O2.CH4O/c25-23(26,27)22(32,24(28,29)30)14-2-1-6-17-12-13-21-18(7-4-9-20(17)21)11-10-16-5-3-8-19(31)15-16;1-2/h2,10-12,14,19-21,31-32H,1,3-9,13,15H2;2H,1H3/b14-2+,16-10-,18-11+;/t19-,20+,21?;/m0./s1. The van der Waals surface area contributed by atoms with Gasteiger partial charge in [0.25, 0.3) is 5.60 Å². The molecule has 2 fully saturated rings. The summed E-state index contributed by atoms with van der Waals surface area (Å²) >= 11 is 0. The molecule has 3 rings (SSSR count). The topological polar surface area (TPSA) is 60.7 Å². The second-order valence-electron chi connectivity index (χ2n) is 9.14. The van der Waals surface area contributed by atoms with E-state index >= 15 is 0 Å². The van der Waals surface area contributed by atoms with Crippen molar-refractivity contribution in [2.24, 2.45) is 11.8 Å². The number of halogens is 6. The van der Waals surface area contributed by atoms with E-state index in [1.807, 2.05) is 0 Å². The first-order chi connectivity index (χ1) is 15.9. The van der Waals surface area contributed by atoms with Crippen molar-refractivity contribution in [2.75, 3.05) is 7.11 Å². The number of aliphatic hydroxyl groups excluding tert-OH is 2. The van der Waals surface area contributed by atoms with Crippen molar-refractivity contribution in [3.05, 3.63) is 47.1 Å². The predicted molar refractivity (Wildman–Crippen MR) is 118 cm³/mol. The van der Waals surface area contributed by atoms with Gasteiger partial charge in [0.05, 0.1) is 6.10 Å². The van der Waals surface area contributed by atoms with E-state index in [1.54, 1.807) is 0 Å². The van der Waals surface area contributed by atoms with Crippen LogP contribution >= 0.6 is 0 Å². The maximum absolute atomic E-state index is 12.8. The van der Waals surface area contributed by atoms with E-state index in [0.29, 0.717) is 18.8 Å². The second-order valence-corrected chi connectivity index (χ2v) is 9.14. The van der Waals surface area contributed by atoms with E-state index in [-0.39, 0.29) is 24.5 Å². The molecule has 3 atom stereocenters. The zero-order valence-electron chi connectivity index (χ0n) is 19.3. The van der Waals surface area contributed by atoms with Crippen LogP contribution in [0.2, 0.25) is 0 Å². The number of allylic oxidation sites excluding steroid dienone is 6. The fourth-order valence-corrected chi connectivity index (χ4v) is 5.16. The maximum Gasteiger partial charge on any atom is 0.429 e. The van der Waals surface area contributed by atoms with Crippen molar-refractivity contribution in [3.63, 3.8) is 0 Å². The van der Waals surface area contributed by atoms with Crippen molar-refractivity contribution >= 4 is 0 Å². The highest BCUT2D eigenvalue weighted by molar-refractivity contribution is 5.30. The Balaban J connectivity index is 0.00000199. The molecule has 3 aliphatic rings. The van der Waals surface area contributed by atoms with Crippen LogP contribution in [0, 0.1) is 11.8 Å². The summed E-state index contributed by atoms with van der Waals surface area (Å²) in [6.07, 6.45) is 2.71. The molecule has 194 valence electrons.